The first-order valence-electron chi connectivity index (χ1n) is 1.72. The Hall–Kier alpha value is 0.0300. The van der Waals surface area contributed by atoms with Crippen LogP contribution >= 0.6 is 0 Å². The summed E-state index contributed by atoms with van der Waals surface area (Å²) in [4.78, 5) is 0. The summed E-state index contributed by atoms with van der Waals surface area (Å²) in [5, 5.41) is -0.903. The predicted octanol–water partition coefficient (Wildman–Crippen LogP) is -1.89. The summed E-state index contributed by atoms with van der Waals surface area (Å²) in [6.45, 7) is -0.0177. The van der Waals surface area contributed by atoms with E-state index < -0.39 is 16.5 Å². The second-order valence-electron chi connectivity index (χ2n) is 1.03. The van der Waals surface area contributed by atoms with Gasteiger partial charge in [0, 0.05) is 6.54 Å². The number of nitrogens with two attached hydrogens (primary N) is 2. The minimum absolute atomic E-state index is 0.0177. The average molecular weight is 123 g/mol. The van der Waals surface area contributed by atoms with E-state index in [-0.39, 0.29) is 6.54 Å². The number of rotatable bonds is 2. The fraction of sp³-hybridized carbons (Fsp3) is 1.00. The quantitative estimate of drug-likeness (QED) is 0.420. The highest BCUT2D eigenvalue weighted by Crippen LogP contribution is 1.75. The van der Waals surface area contributed by atoms with Crippen molar-refractivity contribution in [3.05, 3.63) is 0 Å². The molecular formula is C2H7N2O2S-. The van der Waals surface area contributed by atoms with Gasteiger partial charge >= 0.3 is 0 Å². The Morgan fingerprint density at radius 3 is 2.29 bits per heavy atom. The lowest BCUT2D eigenvalue weighted by Gasteiger charge is -2.10. The molecule has 0 aromatic heterocycles. The van der Waals surface area contributed by atoms with Crippen molar-refractivity contribution < 1.29 is 8.76 Å². The number of hydrogen-bond acceptors (Lipinski definition) is 4. The monoisotopic (exact) mass is 123 g/mol. The van der Waals surface area contributed by atoms with Crippen LogP contribution in [0.2, 0.25) is 0 Å². The fourth-order valence-corrected chi connectivity index (χ4v) is 0.236. The van der Waals surface area contributed by atoms with Gasteiger partial charge in [-0.25, -0.2) is 0 Å². The van der Waals surface area contributed by atoms with Crippen LogP contribution in [0.1, 0.15) is 0 Å². The molecule has 7 heavy (non-hydrogen) atoms. The first-order chi connectivity index (χ1) is 3.18. The predicted molar refractivity (Wildman–Crippen MR) is 25.9 cm³/mol. The van der Waals surface area contributed by atoms with Gasteiger partial charge in [0.25, 0.3) is 0 Å². The van der Waals surface area contributed by atoms with Crippen molar-refractivity contribution >= 4 is 11.1 Å². The molecule has 0 spiro atoms. The Morgan fingerprint density at radius 1 is 1.86 bits per heavy atom. The van der Waals surface area contributed by atoms with Gasteiger partial charge in [0.05, 0.1) is 5.37 Å². The van der Waals surface area contributed by atoms with E-state index in [1.165, 1.54) is 0 Å². The Bertz CT molecular complexity index is 76.1. The largest absolute Gasteiger partial charge is 0.771 e. The molecule has 0 rings (SSSR count). The molecule has 0 aliphatic rings. The third kappa shape index (κ3) is 2.69. The maximum absolute atomic E-state index is 9.73. The van der Waals surface area contributed by atoms with Crippen LogP contribution in [-0.2, 0) is 11.1 Å². The lowest BCUT2D eigenvalue weighted by Crippen LogP contribution is -2.33. The summed E-state index contributed by atoms with van der Waals surface area (Å²) >= 11 is -2.21. The zero-order valence-electron chi connectivity index (χ0n) is 3.66. The third-order valence-corrected chi connectivity index (χ3v) is 1.17. The van der Waals surface area contributed by atoms with Crippen LogP contribution in [0.5, 0.6) is 0 Å². The van der Waals surface area contributed by atoms with Crippen LogP contribution in [0, 0.1) is 0 Å². The van der Waals surface area contributed by atoms with Gasteiger partial charge in [0.2, 0.25) is 0 Å². The normalized spacial score (nSPS) is 18.7. The Balaban J connectivity index is 3.34. The molecule has 2 unspecified atom stereocenters. The minimum atomic E-state index is -2.21. The van der Waals surface area contributed by atoms with E-state index in [1.54, 1.807) is 0 Å². The van der Waals surface area contributed by atoms with Crippen LogP contribution in [0.4, 0.5) is 0 Å². The molecule has 0 fully saturated rings. The first kappa shape index (κ1) is 7.03. The van der Waals surface area contributed by atoms with E-state index >= 15 is 0 Å². The van der Waals surface area contributed by atoms with Crippen molar-refractivity contribution in [1.82, 2.24) is 0 Å². The zero-order valence-corrected chi connectivity index (χ0v) is 4.48. The molecule has 0 saturated heterocycles. The topological polar surface area (TPSA) is 92.2 Å². The molecule has 0 aliphatic heterocycles. The van der Waals surface area contributed by atoms with Crippen molar-refractivity contribution in [2.45, 2.75) is 5.37 Å². The molecule has 0 saturated carbocycles. The molecule has 0 heterocycles. The highest BCUT2D eigenvalue weighted by atomic mass is 32.2. The molecular weight excluding hydrogens is 116 g/mol. The van der Waals surface area contributed by atoms with Crippen LogP contribution in [0.15, 0.2) is 0 Å². The highest BCUT2D eigenvalue weighted by molar-refractivity contribution is 7.79. The molecule has 0 radical (unpaired) electrons. The Morgan fingerprint density at radius 2 is 2.29 bits per heavy atom. The van der Waals surface area contributed by atoms with Gasteiger partial charge in [-0.15, -0.1) is 0 Å². The van der Waals surface area contributed by atoms with Gasteiger partial charge in [-0.3, -0.25) is 4.21 Å². The second kappa shape index (κ2) is 3.09. The molecule has 0 aromatic rings. The van der Waals surface area contributed by atoms with Crippen LogP contribution < -0.4 is 11.5 Å². The lowest BCUT2D eigenvalue weighted by molar-refractivity contribution is 0.523. The van der Waals surface area contributed by atoms with Gasteiger partial charge in [0.1, 0.15) is 0 Å². The van der Waals surface area contributed by atoms with E-state index in [0.29, 0.717) is 0 Å². The third-order valence-electron chi connectivity index (χ3n) is 0.480. The van der Waals surface area contributed by atoms with Crippen molar-refractivity contribution in [2.75, 3.05) is 6.54 Å². The smallest absolute Gasteiger partial charge is 0.0800 e. The molecule has 2 atom stereocenters. The SMILES string of the molecule is NCC(N)S(=O)[O-]. The summed E-state index contributed by atoms with van der Waals surface area (Å²) in [5.74, 6) is 0. The van der Waals surface area contributed by atoms with Crippen LogP contribution in [-0.4, -0.2) is 20.7 Å². The van der Waals surface area contributed by atoms with Gasteiger partial charge in [-0.2, -0.15) is 0 Å². The molecule has 44 valence electrons. The maximum atomic E-state index is 9.73. The molecule has 0 aromatic carbocycles. The average Bonchev–Trinajstić information content (AvgIpc) is 1.65. The molecule has 5 heteroatoms. The summed E-state index contributed by atoms with van der Waals surface area (Å²) in [6.07, 6.45) is 0. The van der Waals surface area contributed by atoms with Gasteiger partial charge in [0.15, 0.2) is 0 Å². The molecule has 4 N–H and O–H groups in total. The summed E-state index contributed by atoms with van der Waals surface area (Å²) in [7, 11) is 0. The van der Waals surface area contributed by atoms with Crippen LogP contribution in [0.25, 0.3) is 0 Å². The Kier molecular flexibility index (Phi) is 3.10. The fourth-order valence-electron chi connectivity index (χ4n) is 0.0786. The van der Waals surface area contributed by atoms with E-state index in [0.717, 1.165) is 0 Å². The van der Waals surface area contributed by atoms with Gasteiger partial charge < -0.3 is 16.0 Å². The summed E-state index contributed by atoms with van der Waals surface area (Å²) in [5.41, 5.74) is 9.73. The van der Waals surface area contributed by atoms with Gasteiger partial charge in [-0.05, 0) is 11.1 Å². The van der Waals surface area contributed by atoms with Crippen LogP contribution in [0.3, 0.4) is 0 Å². The zero-order chi connectivity index (χ0) is 5.86. The Labute approximate surface area is 44.2 Å². The molecule has 0 amide bonds. The first-order valence-corrected chi connectivity index (χ1v) is 2.86. The lowest BCUT2D eigenvalue weighted by atomic mass is 10.7. The molecule has 4 nitrogen and oxygen atoms in total. The van der Waals surface area contributed by atoms with Crippen molar-refractivity contribution in [3.8, 4) is 0 Å². The highest BCUT2D eigenvalue weighted by Gasteiger charge is 1.94. The maximum Gasteiger partial charge on any atom is 0.0800 e. The van der Waals surface area contributed by atoms with E-state index in [2.05, 4.69) is 0 Å². The van der Waals surface area contributed by atoms with E-state index in [1.807, 2.05) is 0 Å². The van der Waals surface area contributed by atoms with Crippen molar-refractivity contribution in [2.24, 2.45) is 11.5 Å². The van der Waals surface area contributed by atoms with E-state index in [9.17, 15) is 8.76 Å². The second-order valence-corrected chi connectivity index (χ2v) is 2.16. The minimum Gasteiger partial charge on any atom is -0.771 e. The van der Waals surface area contributed by atoms with Crippen molar-refractivity contribution in [1.29, 1.82) is 0 Å². The van der Waals surface area contributed by atoms with E-state index in [4.69, 9.17) is 11.5 Å². The molecule has 0 bridgehead atoms. The van der Waals surface area contributed by atoms with Crippen molar-refractivity contribution in [3.63, 3.8) is 0 Å². The number of hydrogen-bond donors (Lipinski definition) is 2. The standard InChI is InChI=1S/C2H8N2O2S/c3-1-2(4)7(5)6/h2H,1,3-4H2,(H,5,6)/p-1. The summed E-state index contributed by atoms with van der Waals surface area (Å²) < 4.78 is 19.5. The summed E-state index contributed by atoms with van der Waals surface area (Å²) in [6, 6.07) is 0. The van der Waals surface area contributed by atoms with Gasteiger partial charge in [-0.1, -0.05) is 0 Å². The molecule has 0 aliphatic carbocycles.